The molecule has 0 amide bonds. The van der Waals surface area contributed by atoms with Gasteiger partial charge in [-0.2, -0.15) is 13.8 Å². The van der Waals surface area contributed by atoms with Gasteiger partial charge in [-0.3, -0.25) is 4.79 Å². The van der Waals surface area contributed by atoms with Crippen molar-refractivity contribution in [3.05, 3.63) is 11.3 Å². The van der Waals surface area contributed by atoms with E-state index in [0.717, 1.165) is 6.42 Å². The summed E-state index contributed by atoms with van der Waals surface area (Å²) in [5.74, 6) is -2.40. The van der Waals surface area contributed by atoms with Crippen molar-refractivity contribution in [2.75, 3.05) is 29.4 Å². The molecule has 0 radical (unpaired) electrons. The number of fused-ring (bicyclic) bond motifs is 3. The van der Waals surface area contributed by atoms with Gasteiger partial charge in [0.25, 0.3) is 5.92 Å². The zero-order chi connectivity index (χ0) is 20.5. The molecule has 0 aromatic carbocycles. The average molecular weight is 410 g/mol. The summed E-state index contributed by atoms with van der Waals surface area (Å²) < 4.78 is 43.1. The molecule has 1 N–H and O–H groups in total. The molecule has 4 heterocycles. The van der Waals surface area contributed by atoms with Gasteiger partial charge in [0.05, 0.1) is 12.6 Å². The molecule has 5 aliphatic rings. The highest BCUT2D eigenvalue weighted by molar-refractivity contribution is 5.67. The number of alkyl halides is 3. The normalized spacial score (nSPS) is 34.8. The first-order chi connectivity index (χ1) is 13.7. The van der Waals surface area contributed by atoms with Crippen LogP contribution >= 0.6 is 0 Å². The Balaban J connectivity index is 1.49. The lowest BCUT2D eigenvalue weighted by atomic mass is 9.60. The number of rotatable bonds is 4. The van der Waals surface area contributed by atoms with E-state index in [1.165, 1.54) is 0 Å². The lowest BCUT2D eigenvalue weighted by Crippen LogP contribution is -2.58. The number of hydrogen-bond acceptors (Lipinski definition) is 5. The van der Waals surface area contributed by atoms with Crippen molar-refractivity contribution in [2.45, 2.75) is 57.2 Å². The van der Waals surface area contributed by atoms with Crippen LogP contribution in [-0.4, -0.2) is 52.9 Å². The van der Waals surface area contributed by atoms with Gasteiger partial charge in [-0.25, -0.2) is 9.37 Å². The Kier molecular flexibility index (Phi) is 4.22. The minimum Gasteiger partial charge on any atom is -0.481 e. The van der Waals surface area contributed by atoms with E-state index in [9.17, 15) is 18.0 Å². The summed E-state index contributed by atoms with van der Waals surface area (Å²) in [5.41, 5.74) is 0.297. The minimum absolute atomic E-state index is 0.122. The second-order valence-corrected chi connectivity index (χ2v) is 9.06. The van der Waals surface area contributed by atoms with E-state index in [4.69, 9.17) is 5.11 Å². The topological polar surface area (TPSA) is 69.6 Å². The van der Waals surface area contributed by atoms with Crippen LogP contribution in [0.2, 0.25) is 0 Å². The third-order valence-corrected chi connectivity index (χ3v) is 7.32. The minimum atomic E-state index is -3.01. The Hall–Kier alpha value is -2.06. The first-order valence-electron chi connectivity index (χ1n) is 10.4. The predicted molar refractivity (Wildman–Crippen MR) is 100 cm³/mol. The number of piperidine rings is 2. The Morgan fingerprint density at radius 1 is 1.24 bits per heavy atom. The van der Waals surface area contributed by atoms with Gasteiger partial charge >= 0.3 is 5.97 Å². The number of nitrogens with zero attached hydrogens (tertiary/aromatic N) is 4. The van der Waals surface area contributed by atoms with Crippen LogP contribution in [-0.2, 0) is 17.1 Å². The van der Waals surface area contributed by atoms with Crippen LogP contribution in [0.3, 0.4) is 0 Å². The zero-order valence-corrected chi connectivity index (χ0v) is 16.3. The highest BCUT2D eigenvalue weighted by Crippen LogP contribution is 2.50. The molecule has 2 aliphatic carbocycles. The summed E-state index contributed by atoms with van der Waals surface area (Å²) in [5, 5.41) is 9.13. The van der Waals surface area contributed by atoms with Crippen LogP contribution in [0.15, 0.2) is 0 Å². The molecular formula is C20H25F3N4O2. The fourth-order valence-corrected chi connectivity index (χ4v) is 5.51. The molecule has 9 heteroatoms. The van der Waals surface area contributed by atoms with E-state index in [0.29, 0.717) is 37.3 Å². The second kappa shape index (κ2) is 6.47. The predicted octanol–water partition coefficient (Wildman–Crippen LogP) is 3.00. The molecule has 2 bridgehead atoms. The fourth-order valence-electron chi connectivity index (χ4n) is 5.51. The molecule has 3 aliphatic heterocycles. The van der Waals surface area contributed by atoms with E-state index in [-0.39, 0.29) is 48.8 Å². The lowest BCUT2D eigenvalue weighted by Gasteiger charge is -2.54. The summed E-state index contributed by atoms with van der Waals surface area (Å²) in [7, 11) is 0. The molecule has 29 heavy (non-hydrogen) atoms. The van der Waals surface area contributed by atoms with E-state index < -0.39 is 24.1 Å². The van der Waals surface area contributed by atoms with Crippen molar-refractivity contribution in [1.82, 2.24) is 9.97 Å². The van der Waals surface area contributed by atoms with E-state index in [2.05, 4.69) is 9.97 Å². The molecule has 1 aromatic heterocycles. The van der Waals surface area contributed by atoms with E-state index >= 15 is 0 Å². The van der Waals surface area contributed by atoms with Gasteiger partial charge in [0.2, 0.25) is 5.95 Å². The molecule has 0 spiro atoms. The molecule has 4 unspecified atom stereocenters. The molecule has 4 atom stereocenters. The van der Waals surface area contributed by atoms with Crippen molar-refractivity contribution in [1.29, 1.82) is 0 Å². The monoisotopic (exact) mass is 410 g/mol. The number of carboxylic acids is 1. The number of aliphatic carboxylic acids is 1. The van der Waals surface area contributed by atoms with E-state index in [1.807, 2.05) is 4.90 Å². The molecular weight excluding hydrogens is 385 g/mol. The summed E-state index contributed by atoms with van der Waals surface area (Å²) in [6.07, 6.45) is 0.799. The number of hydrogen-bond donors (Lipinski definition) is 1. The third-order valence-electron chi connectivity index (χ3n) is 7.32. The van der Waals surface area contributed by atoms with Gasteiger partial charge in [0.1, 0.15) is 17.7 Å². The van der Waals surface area contributed by atoms with Crippen molar-refractivity contribution in [2.24, 2.45) is 17.8 Å². The van der Waals surface area contributed by atoms with Gasteiger partial charge in [-0.1, -0.05) is 0 Å². The molecule has 1 saturated carbocycles. The first-order valence-corrected chi connectivity index (χ1v) is 10.4. The second-order valence-electron chi connectivity index (χ2n) is 9.06. The van der Waals surface area contributed by atoms with Crippen LogP contribution in [0.25, 0.3) is 0 Å². The molecule has 6 rings (SSSR count). The van der Waals surface area contributed by atoms with Gasteiger partial charge in [-0.15, -0.1) is 0 Å². The molecule has 4 fully saturated rings. The van der Waals surface area contributed by atoms with Crippen LogP contribution in [0.4, 0.5) is 24.9 Å². The van der Waals surface area contributed by atoms with Crippen molar-refractivity contribution >= 4 is 17.7 Å². The average Bonchev–Trinajstić information content (AvgIpc) is 2.69. The molecule has 1 aromatic rings. The van der Waals surface area contributed by atoms with Crippen molar-refractivity contribution in [3.8, 4) is 0 Å². The van der Waals surface area contributed by atoms with Crippen LogP contribution in [0.5, 0.6) is 0 Å². The largest absolute Gasteiger partial charge is 0.481 e. The Morgan fingerprint density at radius 2 is 1.97 bits per heavy atom. The summed E-state index contributed by atoms with van der Waals surface area (Å²) in [6.45, 7) is 3.09. The number of anilines is 2. The third kappa shape index (κ3) is 2.95. The fraction of sp³-hybridized carbons (Fsp3) is 0.750. The highest BCUT2D eigenvalue weighted by atomic mass is 19.3. The number of aromatic nitrogens is 2. The lowest BCUT2D eigenvalue weighted by molar-refractivity contribution is -0.141. The van der Waals surface area contributed by atoms with Gasteiger partial charge in [-0.05, 0) is 43.9 Å². The maximum atomic E-state index is 14.7. The SMILES string of the molecule is CC1C(F)CN1c1nc(N2CC3CC(C2)C3CC(=O)O)c2c(n1)C(F)(F)CCC2. The Morgan fingerprint density at radius 3 is 2.59 bits per heavy atom. The number of carboxylic acid groups (broad SMARTS) is 1. The highest BCUT2D eigenvalue weighted by Gasteiger charge is 2.49. The van der Waals surface area contributed by atoms with Gasteiger partial charge in [0, 0.05) is 31.5 Å². The van der Waals surface area contributed by atoms with Crippen LogP contribution < -0.4 is 9.80 Å². The molecule has 158 valence electrons. The van der Waals surface area contributed by atoms with Gasteiger partial charge < -0.3 is 14.9 Å². The van der Waals surface area contributed by atoms with Gasteiger partial charge in [0.15, 0.2) is 0 Å². The molecule has 6 nitrogen and oxygen atoms in total. The van der Waals surface area contributed by atoms with Crippen molar-refractivity contribution < 1.29 is 23.1 Å². The zero-order valence-electron chi connectivity index (χ0n) is 16.3. The first kappa shape index (κ1) is 18.9. The smallest absolute Gasteiger partial charge is 0.303 e. The number of carbonyl (C=O) groups is 1. The summed E-state index contributed by atoms with van der Waals surface area (Å²) in [4.78, 5) is 23.7. The van der Waals surface area contributed by atoms with Crippen molar-refractivity contribution in [3.63, 3.8) is 0 Å². The van der Waals surface area contributed by atoms with Crippen LogP contribution in [0, 0.1) is 17.8 Å². The quantitative estimate of drug-likeness (QED) is 0.823. The Labute approximate surface area is 167 Å². The standard InChI is InChI=1S/C20H25F3N4O2/c1-10-15(21)9-27(10)19-24-17-13(3-2-4-20(17,22)23)18(25-19)26-7-11-5-12(8-26)14(11)6-16(28)29/h10-12,14-15H,2-9H2,1H3,(H,28,29). The number of halogens is 3. The Bertz CT molecular complexity index is 839. The summed E-state index contributed by atoms with van der Waals surface area (Å²) in [6, 6.07) is -0.423. The molecule has 3 saturated heterocycles. The summed E-state index contributed by atoms with van der Waals surface area (Å²) >= 11 is 0. The maximum Gasteiger partial charge on any atom is 0.303 e. The maximum absolute atomic E-state index is 14.7. The van der Waals surface area contributed by atoms with Crippen LogP contribution in [0.1, 0.15) is 43.9 Å². The van der Waals surface area contributed by atoms with E-state index in [1.54, 1.807) is 11.8 Å².